The van der Waals surface area contributed by atoms with Crippen LogP contribution < -0.4 is 11.1 Å². The normalized spacial score (nSPS) is 10.1. The SMILES string of the molecule is Cc1ccc(NC(=O)c2ccc(F)cc2N)cc1. The molecule has 0 aliphatic heterocycles. The highest BCUT2D eigenvalue weighted by Crippen LogP contribution is 2.16. The highest BCUT2D eigenvalue weighted by molar-refractivity contribution is 6.07. The van der Waals surface area contributed by atoms with Gasteiger partial charge in [0.1, 0.15) is 5.82 Å². The summed E-state index contributed by atoms with van der Waals surface area (Å²) in [5.74, 6) is -0.810. The summed E-state index contributed by atoms with van der Waals surface area (Å²) in [6.07, 6.45) is 0. The molecule has 0 fully saturated rings. The van der Waals surface area contributed by atoms with Gasteiger partial charge in [-0.25, -0.2) is 4.39 Å². The first-order chi connectivity index (χ1) is 8.56. The predicted molar refractivity (Wildman–Crippen MR) is 69.9 cm³/mol. The zero-order valence-electron chi connectivity index (χ0n) is 9.91. The Balaban J connectivity index is 2.19. The number of carbonyl (C=O) groups excluding carboxylic acids is 1. The Hall–Kier alpha value is -2.36. The number of hydrogen-bond donors (Lipinski definition) is 2. The fraction of sp³-hybridized carbons (Fsp3) is 0.0714. The Kier molecular flexibility index (Phi) is 3.28. The van der Waals surface area contributed by atoms with Crippen LogP contribution in [0.4, 0.5) is 15.8 Å². The summed E-state index contributed by atoms with van der Waals surface area (Å²) in [5, 5.41) is 2.70. The van der Waals surface area contributed by atoms with Crippen molar-refractivity contribution in [2.75, 3.05) is 11.1 Å². The molecule has 0 spiro atoms. The molecule has 0 bridgehead atoms. The maximum Gasteiger partial charge on any atom is 0.257 e. The molecule has 0 aliphatic rings. The van der Waals surface area contributed by atoms with Crippen molar-refractivity contribution in [2.24, 2.45) is 0 Å². The second-order valence-corrected chi connectivity index (χ2v) is 4.05. The van der Waals surface area contributed by atoms with Gasteiger partial charge in [0.15, 0.2) is 0 Å². The molecule has 0 saturated carbocycles. The van der Waals surface area contributed by atoms with Gasteiger partial charge in [-0.15, -0.1) is 0 Å². The molecule has 0 aliphatic carbocycles. The van der Waals surface area contributed by atoms with Gasteiger partial charge in [-0.2, -0.15) is 0 Å². The maximum atomic E-state index is 12.9. The highest BCUT2D eigenvalue weighted by Gasteiger charge is 2.10. The molecule has 18 heavy (non-hydrogen) atoms. The molecule has 0 aromatic heterocycles. The van der Waals surface area contributed by atoms with Gasteiger partial charge in [0.25, 0.3) is 5.91 Å². The number of halogens is 1. The van der Waals surface area contributed by atoms with Gasteiger partial charge in [-0.05, 0) is 37.3 Å². The van der Waals surface area contributed by atoms with E-state index in [2.05, 4.69) is 5.32 Å². The molecule has 0 radical (unpaired) electrons. The van der Waals surface area contributed by atoms with Crippen molar-refractivity contribution in [3.63, 3.8) is 0 Å². The molecule has 2 aromatic rings. The van der Waals surface area contributed by atoms with Gasteiger partial charge in [0.05, 0.1) is 5.56 Å². The lowest BCUT2D eigenvalue weighted by Gasteiger charge is -2.07. The van der Waals surface area contributed by atoms with E-state index in [1.54, 1.807) is 12.1 Å². The second kappa shape index (κ2) is 4.87. The number of amides is 1. The van der Waals surface area contributed by atoms with E-state index >= 15 is 0 Å². The lowest BCUT2D eigenvalue weighted by molar-refractivity contribution is 0.102. The smallest absolute Gasteiger partial charge is 0.257 e. The van der Waals surface area contributed by atoms with Gasteiger partial charge in [-0.1, -0.05) is 17.7 Å². The molecule has 1 amide bonds. The van der Waals surface area contributed by atoms with Crippen LogP contribution in [0.25, 0.3) is 0 Å². The van der Waals surface area contributed by atoms with Gasteiger partial charge in [0.2, 0.25) is 0 Å². The number of nitrogens with two attached hydrogens (primary N) is 1. The minimum Gasteiger partial charge on any atom is -0.398 e. The molecule has 92 valence electrons. The summed E-state index contributed by atoms with van der Waals surface area (Å²) < 4.78 is 12.9. The van der Waals surface area contributed by atoms with Crippen molar-refractivity contribution in [2.45, 2.75) is 6.92 Å². The fourth-order valence-electron chi connectivity index (χ4n) is 1.58. The van der Waals surface area contributed by atoms with Crippen LogP contribution in [0.1, 0.15) is 15.9 Å². The van der Waals surface area contributed by atoms with Crippen molar-refractivity contribution >= 4 is 17.3 Å². The highest BCUT2D eigenvalue weighted by atomic mass is 19.1. The standard InChI is InChI=1S/C14H13FN2O/c1-9-2-5-11(6-3-9)17-14(18)12-7-4-10(15)8-13(12)16/h2-8H,16H2,1H3,(H,17,18). The zero-order chi connectivity index (χ0) is 13.1. The maximum absolute atomic E-state index is 12.9. The number of nitrogens with one attached hydrogen (secondary N) is 1. The first kappa shape index (κ1) is 12.1. The molecule has 2 aromatic carbocycles. The number of benzene rings is 2. The number of aryl methyl sites for hydroxylation is 1. The topological polar surface area (TPSA) is 55.1 Å². The Morgan fingerprint density at radius 3 is 2.44 bits per heavy atom. The average Bonchev–Trinajstić information content (AvgIpc) is 2.32. The Morgan fingerprint density at radius 1 is 1.17 bits per heavy atom. The van der Waals surface area contributed by atoms with E-state index in [0.717, 1.165) is 11.6 Å². The van der Waals surface area contributed by atoms with Gasteiger partial charge in [-0.3, -0.25) is 4.79 Å². The van der Waals surface area contributed by atoms with Crippen LogP contribution in [0.15, 0.2) is 42.5 Å². The monoisotopic (exact) mass is 244 g/mol. The molecule has 0 atom stereocenters. The molecule has 0 heterocycles. The number of hydrogen-bond acceptors (Lipinski definition) is 2. The van der Waals surface area contributed by atoms with Crippen LogP contribution in [0.2, 0.25) is 0 Å². The van der Waals surface area contributed by atoms with Crippen LogP contribution in [-0.4, -0.2) is 5.91 Å². The van der Waals surface area contributed by atoms with Gasteiger partial charge >= 0.3 is 0 Å². The molecule has 3 nitrogen and oxygen atoms in total. The molecule has 2 rings (SSSR count). The first-order valence-electron chi connectivity index (χ1n) is 5.49. The third-order valence-electron chi connectivity index (χ3n) is 2.57. The van der Waals surface area contributed by atoms with E-state index in [1.165, 1.54) is 12.1 Å². The van der Waals surface area contributed by atoms with Crippen molar-refractivity contribution < 1.29 is 9.18 Å². The summed E-state index contributed by atoms with van der Waals surface area (Å²) >= 11 is 0. The van der Waals surface area contributed by atoms with Crippen LogP contribution in [0.3, 0.4) is 0 Å². The minimum atomic E-state index is -0.459. The van der Waals surface area contributed by atoms with Crippen molar-refractivity contribution in [1.82, 2.24) is 0 Å². The lowest BCUT2D eigenvalue weighted by atomic mass is 10.1. The van der Waals surface area contributed by atoms with E-state index in [1.807, 2.05) is 19.1 Å². The van der Waals surface area contributed by atoms with E-state index in [9.17, 15) is 9.18 Å². The first-order valence-corrected chi connectivity index (χ1v) is 5.49. The summed E-state index contributed by atoms with van der Waals surface area (Å²) in [7, 11) is 0. The molecule has 0 unspecified atom stereocenters. The van der Waals surface area contributed by atoms with Crippen LogP contribution in [0, 0.1) is 12.7 Å². The van der Waals surface area contributed by atoms with Gasteiger partial charge in [0, 0.05) is 11.4 Å². The minimum absolute atomic E-state index is 0.125. The van der Waals surface area contributed by atoms with Crippen LogP contribution >= 0.6 is 0 Å². The van der Waals surface area contributed by atoms with Crippen molar-refractivity contribution in [3.05, 3.63) is 59.4 Å². The molecule has 0 saturated heterocycles. The summed E-state index contributed by atoms with van der Waals surface area (Å²) in [6.45, 7) is 1.96. The van der Waals surface area contributed by atoms with E-state index < -0.39 is 5.82 Å². The van der Waals surface area contributed by atoms with E-state index in [0.29, 0.717) is 5.69 Å². The van der Waals surface area contributed by atoms with Crippen LogP contribution in [-0.2, 0) is 0 Å². The summed E-state index contributed by atoms with van der Waals surface area (Å²) in [6, 6.07) is 11.1. The largest absolute Gasteiger partial charge is 0.398 e. The third kappa shape index (κ3) is 2.66. The Labute approximate surface area is 104 Å². The molecular weight excluding hydrogens is 231 g/mol. The quantitative estimate of drug-likeness (QED) is 0.798. The zero-order valence-corrected chi connectivity index (χ0v) is 9.91. The fourth-order valence-corrected chi connectivity index (χ4v) is 1.58. The Bertz CT molecular complexity index is 579. The molecule has 4 heteroatoms. The predicted octanol–water partition coefficient (Wildman–Crippen LogP) is 2.97. The van der Waals surface area contributed by atoms with E-state index in [4.69, 9.17) is 5.73 Å². The summed E-state index contributed by atoms with van der Waals surface area (Å²) in [5.41, 5.74) is 7.77. The average molecular weight is 244 g/mol. The third-order valence-corrected chi connectivity index (χ3v) is 2.57. The number of carbonyl (C=O) groups is 1. The number of nitrogen functional groups attached to an aromatic ring is 1. The molecule has 3 N–H and O–H groups in total. The molecular formula is C14H13FN2O. The van der Waals surface area contributed by atoms with Crippen LogP contribution in [0.5, 0.6) is 0 Å². The van der Waals surface area contributed by atoms with Crippen molar-refractivity contribution in [1.29, 1.82) is 0 Å². The van der Waals surface area contributed by atoms with E-state index in [-0.39, 0.29) is 17.2 Å². The number of anilines is 2. The summed E-state index contributed by atoms with van der Waals surface area (Å²) in [4.78, 5) is 11.9. The van der Waals surface area contributed by atoms with Gasteiger partial charge < -0.3 is 11.1 Å². The second-order valence-electron chi connectivity index (χ2n) is 4.05. The van der Waals surface area contributed by atoms with Crippen molar-refractivity contribution in [3.8, 4) is 0 Å². The Morgan fingerprint density at radius 2 is 1.83 bits per heavy atom. The lowest BCUT2D eigenvalue weighted by Crippen LogP contribution is -2.14. The number of rotatable bonds is 2.